The number of aryl methyl sites for hydroxylation is 2. The standard InChI is InChI=1S/C16H18N2O2/c1-10-5-6-11(9-13(10)17)16(19)18-14-3-2-4-15-12(14)7-8-20-15/h5-9,14H,2-4,17H2,1H3,(H,18,19). The van der Waals surface area contributed by atoms with Crippen molar-refractivity contribution in [3.8, 4) is 0 Å². The average Bonchev–Trinajstić information content (AvgIpc) is 2.91. The number of rotatable bonds is 2. The van der Waals surface area contributed by atoms with E-state index in [1.807, 2.05) is 19.1 Å². The van der Waals surface area contributed by atoms with E-state index in [2.05, 4.69) is 5.32 Å². The van der Waals surface area contributed by atoms with E-state index in [1.54, 1.807) is 18.4 Å². The fourth-order valence-electron chi connectivity index (χ4n) is 2.66. The van der Waals surface area contributed by atoms with Gasteiger partial charge >= 0.3 is 0 Å². The van der Waals surface area contributed by atoms with Gasteiger partial charge in [-0.25, -0.2) is 0 Å². The highest BCUT2D eigenvalue weighted by atomic mass is 16.3. The number of benzene rings is 1. The number of nitrogen functional groups attached to an aromatic ring is 1. The van der Waals surface area contributed by atoms with Crippen molar-refractivity contribution in [1.29, 1.82) is 0 Å². The lowest BCUT2D eigenvalue weighted by molar-refractivity contribution is 0.0932. The van der Waals surface area contributed by atoms with Crippen LogP contribution in [0, 0.1) is 6.92 Å². The monoisotopic (exact) mass is 270 g/mol. The molecule has 0 fully saturated rings. The first-order chi connectivity index (χ1) is 9.65. The second kappa shape index (κ2) is 5.04. The van der Waals surface area contributed by atoms with Crippen LogP contribution in [0.15, 0.2) is 34.9 Å². The number of fused-ring (bicyclic) bond motifs is 1. The van der Waals surface area contributed by atoms with Gasteiger partial charge in [-0.3, -0.25) is 4.79 Å². The maximum Gasteiger partial charge on any atom is 0.251 e. The number of carbonyl (C=O) groups is 1. The van der Waals surface area contributed by atoms with Gasteiger partial charge in [-0.1, -0.05) is 6.07 Å². The smallest absolute Gasteiger partial charge is 0.251 e. The predicted octanol–water partition coefficient (Wildman–Crippen LogP) is 2.98. The van der Waals surface area contributed by atoms with E-state index in [1.165, 1.54) is 0 Å². The summed E-state index contributed by atoms with van der Waals surface area (Å²) in [4.78, 5) is 12.3. The fraction of sp³-hybridized carbons (Fsp3) is 0.312. The fourth-order valence-corrected chi connectivity index (χ4v) is 2.66. The largest absolute Gasteiger partial charge is 0.469 e. The van der Waals surface area contributed by atoms with Crippen LogP contribution >= 0.6 is 0 Å². The van der Waals surface area contributed by atoms with Gasteiger partial charge in [0.2, 0.25) is 0 Å². The Kier molecular flexibility index (Phi) is 3.22. The van der Waals surface area contributed by atoms with Crippen molar-refractivity contribution in [1.82, 2.24) is 5.32 Å². The van der Waals surface area contributed by atoms with E-state index < -0.39 is 0 Å². The minimum absolute atomic E-state index is 0.0347. The van der Waals surface area contributed by atoms with Gasteiger partial charge in [0.15, 0.2) is 0 Å². The second-order valence-corrected chi connectivity index (χ2v) is 5.29. The summed E-state index contributed by atoms with van der Waals surface area (Å²) >= 11 is 0. The quantitative estimate of drug-likeness (QED) is 0.824. The summed E-state index contributed by atoms with van der Waals surface area (Å²) < 4.78 is 5.44. The minimum Gasteiger partial charge on any atom is -0.469 e. The summed E-state index contributed by atoms with van der Waals surface area (Å²) in [6, 6.07) is 7.38. The Hall–Kier alpha value is -2.23. The molecule has 1 aliphatic rings. The van der Waals surface area contributed by atoms with Crippen LogP contribution in [-0.2, 0) is 6.42 Å². The van der Waals surface area contributed by atoms with Crippen molar-refractivity contribution in [3.05, 3.63) is 53.0 Å². The van der Waals surface area contributed by atoms with Crippen LogP contribution in [0.5, 0.6) is 0 Å². The summed E-state index contributed by atoms with van der Waals surface area (Å²) in [5, 5.41) is 3.07. The number of amides is 1. The Bertz CT molecular complexity index is 646. The molecular formula is C16H18N2O2. The maximum atomic E-state index is 12.3. The SMILES string of the molecule is Cc1ccc(C(=O)NC2CCCc3occc32)cc1N. The Morgan fingerprint density at radius 1 is 1.40 bits per heavy atom. The molecule has 1 heterocycles. The van der Waals surface area contributed by atoms with Gasteiger partial charge in [-0.05, 0) is 43.5 Å². The van der Waals surface area contributed by atoms with Crippen LogP contribution < -0.4 is 11.1 Å². The molecule has 1 atom stereocenters. The molecule has 20 heavy (non-hydrogen) atoms. The molecule has 0 saturated heterocycles. The number of nitrogens with two attached hydrogens (primary N) is 1. The Morgan fingerprint density at radius 3 is 3.05 bits per heavy atom. The first-order valence-corrected chi connectivity index (χ1v) is 6.88. The molecule has 1 amide bonds. The summed E-state index contributed by atoms with van der Waals surface area (Å²) in [5.41, 5.74) is 9.19. The molecule has 0 spiro atoms. The van der Waals surface area contributed by atoms with Gasteiger partial charge in [0.05, 0.1) is 12.3 Å². The van der Waals surface area contributed by atoms with Gasteiger partial charge in [0.1, 0.15) is 5.76 Å². The van der Waals surface area contributed by atoms with E-state index >= 15 is 0 Å². The number of nitrogens with one attached hydrogen (secondary N) is 1. The van der Waals surface area contributed by atoms with Crippen molar-refractivity contribution in [2.75, 3.05) is 5.73 Å². The third-order valence-corrected chi connectivity index (χ3v) is 3.90. The van der Waals surface area contributed by atoms with Crippen LogP contribution in [0.1, 0.15) is 46.1 Å². The van der Waals surface area contributed by atoms with Gasteiger partial charge < -0.3 is 15.5 Å². The lowest BCUT2D eigenvalue weighted by atomic mass is 9.93. The van der Waals surface area contributed by atoms with Gasteiger partial charge in [0.25, 0.3) is 5.91 Å². The Balaban J connectivity index is 1.79. The van der Waals surface area contributed by atoms with E-state index in [4.69, 9.17) is 10.2 Å². The van der Waals surface area contributed by atoms with Crippen LogP contribution in [0.2, 0.25) is 0 Å². The number of carbonyl (C=O) groups excluding carboxylic acids is 1. The van der Waals surface area contributed by atoms with Crippen molar-refractivity contribution in [2.45, 2.75) is 32.2 Å². The van der Waals surface area contributed by atoms with Crippen molar-refractivity contribution in [2.24, 2.45) is 0 Å². The van der Waals surface area contributed by atoms with E-state index in [0.717, 1.165) is 36.1 Å². The van der Waals surface area contributed by atoms with Crippen LogP contribution in [0.3, 0.4) is 0 Å². The third-order valence-electron chi connectivity index (χ3n) is 3.90. The molecule has 0 bridgehead atoms. The van der Waals surface area contributed by atoms with Crippen LogP contribution in [0.4, 0.5) is 5.69 Å². The summed E-state index contributed by atoms with van der Waals surface area (Å²) in [7, 11) is 0. The zero-order chi connectivity index (χ0) is 14.1. The highest BCUT2D eigenvalue weighted by Crippen LogP contribution is 2.30. The zero-order valence-corrected chi connectivity index (χ0v) is 11.5. The molecule has 2 aromatic rings. The summed E-state index contributed by atoms with van der Waals surface area (Å²) in [5.74, 6) is 0.903. The molecule has 0 saturated carbocycles. The summed E-state index contributed by atoms with van der Waals surface area (Å²) in [6.45, 7) is 1.93. The number of anilines is 1. The van der Waals surface area contributed by atoms with Crippen LogP contribution in [-0.4, -0.2) is 5.91 Å². The second-order valence-electron chi connectivity index (χ2n) is 5.29. The molecule has 104 valence electrons. The minimum atomic E-state index is -0.0873. The molecule has 3 rings (SSSR count). The van der Waals surface area contributed by atoms with Crippen molar-refractivity contribution < 1.29 is 9.21 Å². The lowest BCUT2D eigenvalue weighted by Gasteiger charge is -2.22. The normalized spacial score (nSPS) is 17.6. The van der Waals surface area contributed by atoms with Gasteiger partial charge in [-0.2, -0.15) is 0 Å². The number of furan rings is 1. The van der Waals surface area contributed by atoms with Crippen molar-refractivity contribution in [3.63, 3.8) is 0 Å². The highest BCUT2D eigenvalue weighted by molar-refractivity contribution is 5.95. The van der Waals surface area contributed by atoms with Crippen LogP contribution in [0.25, 0.3) is 0 Å². The van der Waals surface area contributed by atoms with Gasteiger partial charge in [0, 0.05) is 23.2 Å². The molecule has 4 nitrogen and oxygen atoms in total. The molecule has 0 radical (unpaired) electrons. The molecule has 1 aromatic carbocycles. The van der Waals surface area contributed by atoms with Gasteiger partial charge in [-0.15, -0.1) is 0 Å². The first kappa shape index (κ1) is 12.8. The highest BCUT2D eigenvalue weighted by Gasteiger charge is 2.24. The molecule has 1 unspecified atom stereocenters. The maximum absolute atomic E-state index is 12.3. The Morgan fingerprint density at radius 2 is 2.25 bits per heavy atom. The van der Waals surface area contributed by atoms with E-state index in [0.29, 0.717) is 11.3 Å². The number of hydrogen-bond donors (Lipinski definition) is 2. The Labute approximate surface area is 118 Å². The van der Waals surface area contributed by atoms with E-state index in [-0.39, 0.29) is 11.9 Å². The molecule has 1 aliphatic carbocycles. The average molecular weight is 270 g/mol. The molecular weight excluding hydrogens is 252 g/mol. The molecule has 1 aromatic heterocycles. The van der Waals surface area contributed by atoms with E-state index in [9.17, 15) is 4.79 Å². The predicted molar refractivity (Wildman–Crippen MR) is 77.4 cm³/mol. The zero-order valence-electron chi connectivity index (χ0n) is 11.5. The van der Waals surface area contributed by atoms with Crippen molar-refractivity contribution >= 4 is 11.6 Å². The third kappa shape index (κ3) is 2.29. The molecule has 0 aliphatic heterocycles. The lowest BCUT2D eigenvalue weighted by Crippen LogP contribution is -2.30. The number of hydrogen-bond acceptors (Lipinski definition) is 3. The summed E-state index contributed by atoms with van der Waals surface area (Å²) in [6.07, 6.45) is 4.62. The molecule has 4 heteroatoms. The molecule has 3 N–H and O–H groups in total. The topological polar surface area (TPSA) is 68.3 Å². The first-order valence-electron chi connectivity index (χ1n) is 6.88.